The van der Waals surface area contributed by atoms with Crippen LogP contribution in [0.5, 0.6) is 0 Å². The summed E-state index contributed by atoms with van der Waals surface area (Å²) in [5.41, 5.74) is 0.209. The molecule has 5 heterocycles. The zero-order valence-corrected chi connectivity index (χ0v) is 16.5. The summed E-state index contributed by atoms with van der Waals surface area (Å²) in [5, 5.41) is -0.00896. The number of ether oxygens (including phenoxy) is 3. The molecule has 5 rings (SSSR count). The van der Waals surface area contributed by atoms with Crippen LogP contribution in [0.25, 0.3) is 11.0 Å². The highest BCUT2D eigenvalue weighted by Crippen LogP contribution is 2.45. The van der Waals surface area contributed by atoms with E-state index >= 15 is 0 Å². The van der Waals surface area contributed by atoms with Gasteiger partial charge in [-0.25, -0.2) is 23.7 Å². The van der Waals surface area contributed by atoms with Crippen molar-refractivity contribution in [3.8, 4) is 0 Å². The molecular formula is C19H15ClF2N4O4. The van der Waals surface area contributed by atoms with Gasteiger partial charge in [0.2, 0.25) is 5.78 Å². The fourth-order valence-corrected chi connectivity index (χ4v) is 4.10. The summed E-state index contributed by atoms with van der Waals surface area (Å²) in [5.74, 6) is -2.70. The average molecular weight is 437 g/mol. The first-order valence-corrected chi connectivity index (χ1v) is 9.46. The minimum atomic E-state index is -1.10. The lowest BCUT2D eigenvalue weighted by atomic mass is 10.0. The van der Waals surface area contributed by atoms with Gasteiger partial charge in [0, 0.05) is 6.20 Å². The molecule has 2 aliphatic rings. The molecule has 156 valence electrons. The quantitative estimate of drug-likeness (QED) is 0.460. The van der Waals surface area contributed by atoms with E-state index in [9.17, 15) is 13.6 Å². The number of rotatable bonds is 3. The third-order valence-corrected chi connectivity index (χ3v) is 5.34. The second kappa shape index (κ2) is 6.74. The normalized spacial score (nSPS) is 27.5. The highest BCUT2D eigenvalue weighted by Gasteiger charge is 2.58. The van der Waals surface area contributed by atoms with E-state index in [-0.39, 0.29) is 21.9 Å². The molecule has 11 heteroatoms. The maximum Gasteiger partial charge on any atom is 0.212 e. The van der Waals surface area contributed by atoms with Gasteiger partial charge < -0.3 is 18.8 Å². The van der Waals surface area contributed by atoms with E-state index in [1.54, 1.807) is 13.8 Å². The maximum atomic E-state index is 14.5. The number of carbonyl (C=O) groups excluding carboxylic acids is 1. The molecule has 0 aromatic carbocycles. The predicted octanol–water partition coefficient (Wildman–Crippen LogP) is 3.06. The lowest BCUT2D eigenvalue weighted by Gasteiger charge is -2.24. The molecule has 2 fully saturated rings. The monoisotopic (exact) mass is 436 g/mol. The second-order valence-electron chi connectivity index (χ2n) is 7.49. The third kappa shape index (κ3) is 2.99. The van der Waals surface area contributed by atoms with Crippen LogP contribution in [-0.4, -0.2) is 49.4 Å². The van der Waals surface area contributed by atoms with Crippen LogP contribution in [0.4, 0.5) is 8.78 Å². The third-order valence-electron chi connectivity index (χ3n) is 5.06. The molecule has 4 atom stereocenters. The van der Waals surface area contributed by atoms with Crippen LogP contribution in [0.1, 0.15) is 30.6 Å². The van der Waals surface area contributed by atoms with Gasteiger partial charge in [-0.3, -0.25) is 4.79 Å². The summed E-state index contributed by atoms with van der Waals surface area (Å²) in [6.45, 7) is 3.40. The van der Waals surface area contributed by atoms with Gasteiger partial charge in [0.05, 0.1) is 11.6 Å². The number of halogens is 3. The number of aromatic nitrogens is 4. The van der Waals surface area contributed by atoms with E-state index in [4.69, 9.17) is 25.8 Å². The molecule has 0 saturated carbocycles. The van der Waals surface area contributed by atoms with Crippen molar-refractivity contribution < 1.29 is 27.8 Å². The van der Waals surface area contributed by atoms with Gasteiger partial charge in [-0.05, 0) is 26.0 Å². The molecule has 3 aromatic rings. The van der Waals surface area contributed by atoms with Gasteiger partial charge in [-0.2, -0.15) is 0 Å². The van der Waals surface area contributed by atoms with E-state index in [2.05, 4.69) is 15.0 Å². The zero-order valence-electron chi connectivity index (χ0n) is 15.8. The standard InChI is InChI=1S/C19H15ClF2N4O4/c1-19(2)29-14-13(12(27)10-4-3-8(21)5-23-10)28-18(15(14)30-19)26-6-9(22)11-16(20)24-7-25-17(11)26/h3-7,13-15,18H,1-2H3/t13-,14-,15-,18-/m1/s1. The minimum absolute atomic E-state index is 0.0167. The zero-order chi connectivity index (χ0) is 21.2. The summed E-state index contributed by atoms with van der Waals surface area (Å²) >= 11 is 6.02. The molecule has 0 spiro atoms. The lowest BCUT2D eigenvalue weighted by molar-refractivity contribution is -0.190. The molecule has 0 bridgehead atoms. The molecule has 3 aromatic heterocycles. The molecule has 2 aliphatic heterocycles. The summed E-state index contributed by atoms with van der Waals surface area (Å²) in [6.07, 6.45) is -0.235. The van der Waals surface area contributed by atoms with E-state index in [0.717, 1.165) is 12.3 Å². The first-order valence-electron chi connectivity index (χ1n) is 9.08. The van der Waals surface area contributed by atoms with Crippen molar-refractivity contribution in [2.24, 2.45) is 0 Å². The van der Waals surface area contributed by atoms with Crippen molar-refractivity contribution in [2.45, 2.75) is 44.2 Å². The Hall–Kier alpha value is -2.53. The Morgan fingerprint density at radius 2 is 1.93 bits per heavy atom. The van der Waals surface area contributed by atoms with Crippen LogP contribution < -0.4 is 0 Å². The number of nitrogens with zero attached hydrogens (tertiary/aromatic N) is 4. The van der Waals surface area contributed by atoms with Crippen LogP contribution >= 0.6 is 11.6 Å². The van der Waals surface area contributed by atoms with Gasteiger partial charge in [-0.1, -0.05) is 11.6 Å². The Morgan fingerprint density at radius 3 is 2.67 bits per heavy atom. The SMILES string of the molecule is CC1(C)O[C@@H]2[C@H](O1)[C@@H](C(=O)c1ccc(F)cn1)O[C@H]2n1cc(F)c2c(Cl)ncnc21. The Morgan fingerprint density at radius 1 is 1.17 bits per heavy atom. The van der Waals surface area contributed by atoms with Crippen molar-refractivity contribution >= 4 is 28.4 Å². The highest BCUT2D eigenvalue weighted by atomic mass is 35.5. The lowest BCUT2D eigenvalue weighted by Crippen LogP contribution is -2.36. The Balaban J connectivity index is 1.57. The van der Waals surface area contributed by atoms with E-state index in [1.807, 2.05) is 0 Å². The van der Waals surface area contributed by atoms with Gasteiger partial charge in [0.1, 0.15) is 40.8 Å². The first-order chi connectivity index (χ1) is 14.2. The van der Waals surface area contributed by atoms with Crippen molar-refractivity contribution in [2.75, 3.05) is 0 Å². The van der Waals surface area contributed by atoms with Gasteiger partial charge in [-0.15, -0.1) is 0 Å². The molecular weight excluding hydrogens is 422 g/mol. The average Bonchev–Trinajstić information content (AvgIpc) is 3.30. The van der Waals surface area contributed by atoms with Crippen molar-refractivity contribution in [1.29, 1.82) is 0 Å². The maximum absolute atomic E-state index is 14.5. The van der Waals surface area contributed by atoms with E-state index < -0.39 is 47.7 Å². The summed E-state index contributed by atoms with van der Waals surface area (Å²) < 4.78 is 47.0. The fraction of sp³-hybridized carbons (Fsp3) is 0.368. The van der Waals surface area contributed by atoms with E-state index in [0.29, 0.717) is 0 Å². The molecule has 0 radical (unpaired) electrons. The summed E-state index contributed by atoms with van der Waals surface area (Å²) in [4.78, 5) is 24.8. The largest absolute Gasteiger partial charge is 0.341 e. The highest BCUT2D eigenvalue weighted by molar-refractivity contribution is 6.34. The van der Waals surface area contributed by atoms with Crippen LogP contribution in [-0.2, 0) is 14.2 Å². The number of hydrogen-bond acceptors (Lipinski definition) is 7. The summed E-state index contributed by atoms with van der Waals surface area (Å²) in [7, 11) is 0. The fourth-order valence-electron chi connectivity index (χ4n) is 3.88. The summed E-state index contributed by atoms with van der Waals surface area (Å²) in [6, 6.07) is 2.40. The van der Waals surface area contributed by atoms with Crippen LogP contribution in [0, 0.1) is 11.6 Å². The molecule has 0 N–H and O–H groups in total. The topological polar surface area (TPSA) is 88.4 Å². The molecule has 0 amide bonds. The van der Waals surface area contributed by atoms with Crippen LogP contribution in [0.3, 0.4) is 0 Å². The second-order valence-corrected chi connectivity index (χ2v) is 7.84. The Bertz CT molecular complexity index is 1150. The van der Waals surface area contributed by atoms with Crippen molar-refractivity contribution in [3.63, 3.8) is 0 Å². The van der Waals surface area contributed by atoms with Crippen molar-refractivity contribution in [3.05, 3.63) is 53.3 Å². The van der Waals surface area contributed by atoms with Gasteiger partial charge in [0.15, 0.2) is 23.9 Å². The predicted molar refractivity (Wildman–Crippen MR) is 98.8 cm³/mol. The van der Waals surface area contributed by atoms with Crippen molar-refractivity contribution in [1.82, 2.24) is 19.5 Å². The number of hydrogen-bond donors (Lipinski definition) is 0. The molecule has 2 saturated heterocycles. The Labute approximate surface area is 173 Å². The molecule has 8 nitrogen and oxygen atoms in total. The smallest absolute Gasteiger partial charge is 0.212 e. The molecule has 0 aliphatic carbocycles. The first kappa shape index (κ1) is 19.4. The van der Waals surface area contributed by atoms with Crippen LogP contribution in [0.2, 0.25) is 5.15 Å². The molecule has 0 unspecified atom stereocenters. The van der Waals surface area contributed by atoms with Gasteiger partial charge in [0.25, 0.3) is 0 Å². The van der Waals surface area contributed by atoms with Crippen LogP contribution in [0.15, 0.2) is 30.9 Å². The Kier molecular flexibility index (Phi) is 4.37. The number of ketones is 1. The number of fused-ring (bicyclic) bond motifs is 2. The molecule has 30 heavy (non-hydrogen) atoms. The number of Topliss-reactive ketones (excluding diaryl/α,β-unsaturated/α-hetero) is 1. The number of pyridine rings is 1. The minimum Gasteiger partial charge on any atom is -0.341 e. The number of carbonyl (C=O) groups is 1. The van der Waals surface area contributed by atoms with Gasteiger partial charge >= 0.3 is 0 Å². The van der Waals surface area contributed by atoms with E-state index in [1.165, 1.54) is 23.2 Å².